The summed E-state index contributed by atoms with van der Waals surface area (Å²) in [6, 6.07) is 8.64. The van der Waals surface area contributed by atoms with Crippen LogP contribution >= 0.6 is 12.4 Å². The number of benzene rings is 1. The Hall–Kier alpha value is -1.67. The molecule has 3 aliphatic heterocycles. The highest BCUT2D eigenvalue weighted by atomic mass is 35.5. The number of hydrogen-bond donors (Lipinski definition) is 2. The molecule has 3 saturated heterocycles. The van der Waals surface area contributed by atoms with Crippen LogP contribution in [0.1, 0.15) is 39.2 Å². The summed E-state index contributed by atoms with van der Waals surface area (Å²) in [6.45, 7) is 5.88. The summed E-state index contributed by atoms with van der Waals surface area (Å²) >= 11 is 0. The van der Waals surface area contributed by atoms with Crippen molar-refractivity contribution in [3.05, 3.63) is 35.9 Å². The molecule has 3 aliphatic rings. The average molecular weight is 410 g/mol. The number of nitrogens with zero attached hydrogens (tertiary/aromatic N) is 2. The molecule has 3 N–H and O–H groups in total. The van der Waals surface area contributed by atoms with Gasteiger partial charge < -0.3 is 10.0 Å². The molecule has 0 aliphatic carbocycles. The fourth-order valence-corrected chi connectivity index (χ4v) is 4.70. The SMILES string of the molecule is CC(C)[C@@]1(N)O[C@]2(O)N(C1=O)[C@@H](Cc1ccccc1)C(=O)N1CCC[C@]12C.Cl. The molecule has 0 spiro atoms. The molecule has 154 valence electrons. The summed E-state index contributed by atoms with van der Waals surface area (Å²) in [5.41, 5.74) is 4.57. The van der Waals surface area contributed by atoms with Gasteiger partial charge in [-0.05, 0) is 25.3 Å². The highest BCUT2D eigenvalue weighted by molar-refractivity contribution is 5.95. The highest BCUT2D eigenvalue weighted by Gasteiger charge is 2.74. The monoisotopic (exact) mass is 409 g/mol. The number of amides is 2. The summed E-state index contributed by atoms with van der Waals surface area (Å²) < 4.78 is 5.96. The number of carbonyl (C=O) groups is 2. The predicted octanol–water partition coefficient (Wildman–Crippen LogP) is 1.23. The Balaban J connectivity index is 0.00000225. The minimum Gasteiger partial charge on any atom is -0.347 e. The van der Waals surface area contributed by atoms with Crippen molar-refractivity contribution in [3.8, 4) is 0 Å². The molecule has 8 heteroatoms. The van der Waals surface area contributed by atoms with Crippen molar-refractivity contribution in [2.45, 2.75) is 63.3 Å². The van der Waals surface area contributed by atoms with Crippen LogP contribution < -0.4 is 5.73 Å². The number of rotatable bonds is 3. The Morgan fingerprint density at radius 2 is 1.93 bits per heavy atom. The minimum absolute atomic E-state index is 0. The van der Waals surface area contributed by atoms with E-state index in [0.717, 1.165) is 12.0 Å². The fraction of sp³-hybridized carbons (Fsp3) is 0.600. The van der Waals surface area contributed by atoms with Gasteiger partial charge in [0.2, 0.25) is 11.6 Å². The third-order valence-corrected chi connectivity index (χ3v) is 6.53. The number of hydrogen-bond acceptors (Lipinski definition) is 5. The Bertz CT molecular complexity index is 791. The van der Waals surface area contributed by atoms with Gasteiger partial charge in [0.05, 0.1) is 0 Å². The minimum atomic E-state index is -1.94. The summed E-state index contributed by atoms with van der Waals surface area (Å²) in [7, 11) is 0. The van der Waals surface area contributed by atoms with E-state index in [2.05, 4.69) is 0 Å². The smallest absolute Gasteiger partial charge is 0.278 e. The Morgan fingerprint density at radius 3 is 2.54 bits per heavy atom. The quantitative estimate of drug-likeness (QED) is 0.782. The van der Waals surface area contributed by atoms with Crippen LogP contribution in [0.5, 0.6) is 0 Å². The summed E-state index contributed by atoms with van der Waals surface area (Å²) in [6.07, 6.45) is 1.59. The van der Waals surface area contributed by atoms with Gasteiger partial charge in [0.25, 0.3) is 11.8 Å². The zero-order valence-electron chi connectivity index (χ0n) is 16.4. The molecule has 28 heavy (non-hydrogen) atoms. The molecule has 4 atom stereocenters. The maximum absolute atomic E-state index is 13.4. The summed E-state index contributed by atoms with van der Waals surface area (Å²) in [5, 5.41) is 11.7. The molecule has 3 heterocycles. The number of piperazine rings is 1. The Morgan fingerprint density at radius 1 is 1.29 bits per heavy atom. The van der Waals surface area contributed by atoms with Crippen molar-refractivity contribution < 1.29 is 19.4 Å². The Labute approximate surface area is 171 Å². The molecule has 7 nitrogen and oxygen atoms in total. The molecule has 2 amide bonds. The second-order valence-electron chi connectivity index (χ2n) is 8.41. The standard InChI is InChI=1S/C20H27N3O4.ClH/c1-13(2)19(21)17(25)23-15(12-14-8-5-4-6-9-14)16(24)22-11-7-10-18(22,3)20(23,26)27-19;/h4-6,8-9,13,15,26H,7,10-12,21H2,1-3H3;1H/t15-,18-,19+,20-;/m0./s1. The van der Waals surface area contributed by atoms with Gasteiger partial charge in [-0.15, -0.1) is 12.4 Å². The van der Waals surface area contributed by atoms with E-state index in [1.165, 1.54) is 4.90 Å². The number of aliphatic hydroxyl groups is 1. The number of fused-ring (bicyclic) bond motifs is 3. The largest absolute Gasteiger partial charge is 0.347 e. The molecule has 4 rings (SSSR count). The van der Waals surface area contributed by atoms with Gasteiger partial charge in [-0.2, -0.15) is 0 Å². The van der Waals surface area contributed by atoms with Crippen molar-refractivity contribution in [2.24, 2.45) is 11.7 Å². The van der Waals surface area contributed by atoms with Crippen LogP contribution in [-0.2, 0) is 20.7 Å². The fourth-order valence-electron chi connectivity index (χ4n) is 4.70. The average Bonchev–Trinajstić information content (AvgIpc) is 3.12. The van der Waals surface area contributed by atoms with E-state index in [0.29, 0.717) is 19.4 Å². The zero-order valence-corrected chi connectivity index (χ0v) is 17.2. The molecule has 3 fully saturated rings. The first-order valence-corrected chi connectivity index (χ1v) is 9.56. The number of carbonyl (C=O) groups excluding carboxylic acids is 2. The third-order valence-electron chi connectivity index (χ3n) is 6.53. The molecule has 1 aromatic rings. The van der Waals surface area contributed by atoms with E-state index in [1.54, 1.807) is 25.7 Å². The lowest BCUT2D eigenvalue weighted by Gasteiger charge is -2.55. The predicted molar refractivity (Wildman–Crippen MR) is 105 cm³/mol. The van der Waals surface area contributed by atoms with E-state index in [-0.39, 0.29) is 24.2 Å². The van der Waals surface area contributed by atoms with Crippen LogP contribution in [0.25, 0.3) is 0 Å². The van der Waals surface area contributed by atoms with Gasteiger partial charge in [0.15, 0.2) is 0 Å². The molecule has 0 bridgehead atoms. The van der Waals surface area contributed by atoms with Gasteiger partial charge in [0, 0.05) is 18.9 Å². The van der Waals surface area contributed by atoms with E-state index in [9.17, 15) is 14.7 Å². The van der Waals surface area contributed by atoms with Crippen LogP contribution in [0, 0.1) is 5.92 Å². The first-order chi connectivity index (χ1) is 12.6. The molecule has 0 aromatic heterocycles. The van der Waals surface area contributed by atoms with Gasteiger partial charge in [-0.25, -0.2) is 0 Å². The molecule has 0 saturated carbocycles. The molecule has 0 radical (unpaired) electrons. The van der Waals surface area contributed by atoms with Crippen molar-refractivity contribution in [3.63, 3.8) is 0 Å². The molecule has 0 unspecified atom stereocenters. The van der Waals surface area contributed by atoms with Crippen molar-refractivity contribution in [1.29, 1.82) is 0 Å². The van der Waals surface area contributed by atoms with Gasteiger partial charge in [0.1, 0.15) is 11.6 Å². The van der Waals surface area contributed by atoms with E-state index < -0.39 is 29.1 Å². The third kappa shape index (κ3) is 2.53. The van der Waals surface area contributed by atoms with Gasteiger partial charge in [-0.1, -0.05) is 44.2 Å². The Kier molecular flexibility index (Phi) is 5.03. The first kappa shape index (κ1) is 21.0. The van der Waals surface area contributed by atoms with E-state index in [1.807, 2.05) is 30.3 Å². The van der Waals surface area contributed by atoms with Crippen LogP contribution in [0.15, 0.2) is 30.3 Å². The maximum Gasteiger partial charge on any atom is 0.278 e. The second kappa shape index (κ2) is 6.69. The van der Waals surface area contributed by atoms with Crippen molar-refractivity contribution in [2.75, 3.05) is 6.54 Å². The molecular weight excluding hydrogens is 382 g/mol. The van der Waals surface area contributed by atoms with Crippen LogP contribution in [0.3, 0.4) is 0 Å². The maximum atomic E-state index is 13.4. The topological polar surface area (TPSA) is 96.1 Å². The van der Waals surface area contributed by atoms with Crippen molar-refractivity contribution >= 4 is 24.2 Å². The van der Waals surface area contributed by atoms with E-state index in [4.69, 9.17) is 10.5 Å². The molecule has 1 aromatic carbocycles. The van der Waals surface area contributed by atoms with Gasteiger partial charge >= 0.3 is 0 Å². The number of nitrogens with two attached hydrogens (primary N) is 1. The zero-order chi connectivity index (χ0) is 19.6. The highest BCUT2D eigenvalue weighted by Crippen LogP contribution is 2.52. The van der Waals surface area contributed by atoms with Crippen LogP contribution in [-0.4, -0.2) is 56.5 Å². The van der Waals surface area contributed by atoms with Crippen molar-refractivity contribution in [1.82, 2.24) is 9.80 Å². The summed E-state index contributed by atoms with van der Waals surface area (Å²) in [4.78, 5) is 29.6. The van der Waals surface area contributed by atoms with Crippen LogP contribution in [0.4, 0.5) is 0 Å². The number of ether oxygens (including phenoxy) is 1. The van der Waals surface area contributed by atoms with Gasteiger partial charge in [-0.3, -0.25) is 25.0 Å². The van der Waals surface area contributed by atoms with Crippen LogP contribution in [0.2, 0.25) is 0 Å². The normalized spacial score (nSPS) is 37.1. The molecular formula is C20H28ClN3O4. The number of halogens is 1. The first-order valence-electron chi connectivity index (χ1n) is 9.56. The lowest BCUT2D eigenvalue weighted by Crippen LogP contribution is -2.76. The lowest BCUT2D eigenvalue weighted by molar-refractivity contribution is -0.343. The lowest BCUT2D eigenvalue weighted by atomic mass is 9.86. The van der Waals surface area contributed by atoms with E-state index >= 15 is 0 Å². The summed E-state index contributed by atoms with van der Waals surface area (Å²) in [5.74, 6) is -2.98. The second-order valence-corrected chi connectivity index (χ2v) is 8.41.